The lowest BCUT2D eigenvalue weighted by molar-refractivity contribution is 0.0742. The number of hydrogen-bond donors (Lipinski definition) is 1. The Labute approximate surface area is 125 Å². The second-order valence-electron chi connectivity index (χ2n) is 7.59. The predicted molar refractivity (Wildman–Crippen MR) is 86.9 cm³/mol. The van der Waals surface area contributed by atoms with E-state index in [1.165, 1.54) is 77.8 Å². The van der Waals surface area contributed by atoms with Crippen LogP contribution in [0.25, 0.3) is 0 Å². The molecule has 2 rings (SSSR count). The average Bonchev–Trinajstić information content (AvgIpc) is 2.67. The molecule has 1 aliphatic heterocycles. The molecule has 1 saturated carbocycles. The Kier molecular flexibility index (Phi) is 6.31. The molecule has 0 radical (unpaired) electrons. The lowest BCUT2D eigenvalue weighted by atomic mass is 9.79. The lowest BCUT2D eigenvalue weighted by Crippen LogP contribution is -2.51. The van der Waals surface area contributed by atoms with E-state index < -0.39 is 0 Å². The minimum Gasteiger partial charge on any atom is -0.330 e. The quantitative estimate of drug-likeness (QED) is 0.786. The second-order valence-corrected chi connectivity index (χ2v) is 7.59. The zero-order chi connectivity index (χ0) is 14.4. The molecule has 0 amide bonds. The largest absolute Gasteiger partial charge is 0.330 e. The van der Waals surface area contributed by atoms with E-state index in [4.69, 9.17) is 5.73 Å². The van der Waals surface area contributed by atoms with E-state index in [1.807, 2.05) is 0 Å². The van der Waals surface area contributed by atoms with Crippen molar-refractivity contribution >= 4 is 0 Å². The normalized spacial score (nSPS) is 25.8. The van der Waals surface area contributed by atoms with Crippen molar-refractivity contribution in [1.29, 1.82) is 0 Å². The highest BCUT2D eigenvalue weighted by atomic mass is 15.3. The van der Waals surface area contributed by atoms with Gasteiger partial charge in [-0.25, -0.2) is 0 Å². The molecule has 1 aliphatic carbocycles. The zero-order valence-corrected chi connectivity index (χ0v) is 13.7. The van der Waals surface area contributed by atoms with Crippen LogP contribution in [-0.4, -0.2) is 55.6 Å². The van der Waals surface area contributed by atoms with E-state index >= 15 is 0 Å². The Balaban J connectivity index is 1.80. The number of piperazine rings is 1. The van der Waals surface area contributed by atoms with E-state index in [2.05, 4.69) is 23.6 Å². The topological polar surface area (TPSA) is 32.5 Å². The fraction of sp³-hybridized carbons (Fsp3) is 1.00. The van der Waals surface area contributed by atoms with E-state index in [9.17, 15) is 0 Å². The molecule has 0 aromatic carbocycles. The van der Waals surface area contributed by atoms with Crippen molar-refractivity contribution in [3.63, 3.8) is 0 Å². The Hall–Kier alpha value is -0.120. The summed E-state index contributed by atoms with van der Waals surface area (Å²) in [5.74, 6) is 0.791. The van der Waals surface area contributed by atoms with Gasteiger partial charge in [0.05, 0.1) is 0 Å². The van der Waals surface area contributed by atoms with E-state index in [0.29, 0.717) is 5.41 Å². The Morgan fingerprint density at radius 1 is 0.900 bits per heavy atom. The average molecular weight is 281 g/mol. The first-order chi connectivity index (χ1) is 9.63. The van der Waals surface area contributed by atoms with Crippen LogP contribution in [0.5, 0.6) is 0 Å². The molecular weight excluding hydrogens is 246 g/mol. The van der Waals surface area contributed by atoms with Gasteiger partial charge < -0.3 is 15.5 Å². The van der Waals surface area contributed by atoms with Crippen LogP contribution in [0.3, 0.4) is 0 Å². The highest BCUT2D eigenvalue weighted by Crippen LogP contribution is 2.35. The highest BCUT2D eigenvalue weighted by Gasteiger charge is 2.32. The van der Waals surface area contributed by atoms with Crippen LogP contribution in [0, 0.1) is 11.3 Å². The Bertz CT molecular complexity index is 261. The summed E-state index contributed by atoms with van der Waals surface area (Å²) in [7, 11) is 0. The highest BCUT2D eigenvalue weighted by molar-refractivity contribution is 4.87. The van der Waals surface area contributed by atoms with Crippen molar-refractivity contribution in [2.24, 2.45) is 17.1 Å². The molecule has 3 nitrogen and oxygen atoms in total. The van der Waals surface area contributed by atoms with Gasteiger partial charge in [-0.05, 0) is 30.7 Å². The molecule has 0 unspecified atom stereocenters. The molecule has 2 aliphatic rings. The van der Waals surface area contributed by atoms with Crippen LogP contribution < -0.4 is 5.73 Å². The van der Waals surface area contributed by atoms with E-state index in [0.717, 1.165) is 12.5 Å². The van der Waals surface area contributed by atoms with Gasteiger partial charge in [-0.3, -0.25) is 0 Å². The molecule has 0 spiro atoms. The first-order valence-corrected chi connectivity index (χ1v) is 8.78. The number of rotatable bonds is 5. The Morgan fingerprint density at radius 2 is 1.45 bits per heavy atom. The van der Waals surface area contributed by atoms with Crippen LogP contribution in [0.2, 0.25) is 0 Å². The van der Waals surface area contributed by atoms with Gasteiger partial charge in [0, 0.05) is 39.3 Å². The fourth-order valence-electron chi connectivity index (χ4n) is 4.03. The van der Waals surface area contributed by atoms with Crippen LogP contribution >= 0.6 is 0 Å². The summed E-state index contributed by atoms with van der Waals surface area (Å²) in [4.78, 5) is 5.32. The van der Waals surface area contributed by atoms with Crippen molar-refractivity contribution in [1.82, 2.24) is 9.80 Å². The summed E-state index contributed by atoms with van der Waals surface area (Å²) in [5, 5.41) is 0. The second kappa shape index (κ2) is 7.77. The molecule has 0 bridgehead atoms. The molecule has 118 valence electrons. The van der Waals surface area contributed by atoms with Gasteiger partial charge in [0.2, 0.25) is 0 Å². The third-order valence-electron chi connectivity index (χ3n) is 5.24. The lowest BCUT2D eigenvalue weighted by Gasteiger charge is -2.41. The molecule has 2 fully saturated rings. The van der Waals surface area contributed by atoms with Gasteiger partial charge in [0.1, 0.15) is 0 Å². The molecule has 0 aromatic rings. The van der Waals surface area contributed by atoms with Gasteiger partial charge in [-0.2, -0.15) is 0 Å². The molecule has 0 atom stereocenters. The SMILES string of the molecule is CC(C)CN1CCN(CC2(CN)CCCCCC2)CC1. The number of nitrogens with two attached hydrogens (primary N) is 1. The maximum Gasteiger partial charge on any atom is 0.0110 e. The molecular formula is C17H35N3. The third kappa shape index (κ3) is 4.71. The zero-order valence-electron chi connectivity index (χ0n) is 13.7. The van der Waals surface area contributed by atoms with Crippen LogP contribution in [0.15, 0.2) is 0 Å². The Morgan fingerprint density at radius 3 is 1.95 bits per heavy atom. The number of nitrogens with zero attached hydrogens (tertiary/aromatic N) is 2. The van der Waals surface area contributed by atoms with Gasteiger partial charge >= 0.3 is 0 Å². The third-order valence-corrected chi connectivity index (χ3v) is 5.24. The van der Waals surface area contributed by atoms with Crippen molar-refractivity contribution in [2.45, 2.75) is 52.4 Å². The van der Waals surface area contributed by atoms with Gasteiger partial charge in [-0.1, -0.05) is 39.5 Å². The molecule has 1 saturated heterocycles. The fourth-order valence-corrected chi connectivity index (χ4v) is 4.03. The first-order valence-electron chi connectivity index (χ1n) is 8.78. The standard InChI is InChI=1S/C17H35N3/c1-16(2)13-19-9-11-20(12-10-19)15-17(14-18)7-5-3-4-6-8-17/h16H,3-15,18H2,1-2H3. The maximum atomic E-state index is 6.18. The van der Waals surface area contributed by atoms with E-state index in [-0.39, 0.29) is 0 Å². The first kappa shape index (κ1) is 16.3. The van der Waals surface area contributed by atoms with Crippen molar-refractivity contribution in [2.75, 3.05) is 45.8 Å². The molecule has 20 heavy (non-hydrogen) atoms. The predicted octanol–water partition coefficient (Wildman–Crippen LogP) is 2.56. The minimum atomic E-state index is 0.427. The summed E-state index contributed by atoms with van der Waals surface area (Å²) < 4.78 is 0. The maximum absolute atomic E-state index is 6.18. The summed E-state index contributed by atoms with van der Waals surface area (Å²) in [5.41, 5.74) is 6.61. The van der Waals surface area contributed by atoms with Crippen molar-refractivity contribution < 1.29 is 0 Å². The molecule has 2 N–H and O–H groups in total. The van der Waals surface area contributed by atoms with Gasteiger partial charge in [0.25, 0.3) is 0 Å². The molecule has 0 aromatic heterocycles. The van der Waals surface area contributed by atoms with Crippen LogP contribution in [0.4, 0.5) is 0 Å². The van der Waals surface area contributed by atoms with Crippen molar-refractivity contribution in [3.8, 4) is 0 Å². The monoisotopic (exact) mass is 281 g/mol. The smallest absolute Gasteiger partial charge is 0.0110 e. The number of hydrogen-bond acceptors (Lipinski definition) is 3. The van der Waals surface area contributed by atoms with Gasteiger partial charge in [-0.15, -0.1) is 0 Å². The summed E-state index contributed by atoms with van der Waals surface area (Å²) >= 11 is 0. The van der Waals surface area contributed by atoms with Crippen molar-refractivity contribution in [3.05, 3.63) is 0 Å². The summed E-state index contributed by atoms with van der Waals surface area (Å²) in [6.45, 7) is 13.0. The van der Waals surface area contributed by atoms with Crippen LogP contribution in [-0.2, 0) is 0 Å². The summed E-state index contributed by atoms with van der Waals surface area (Å²) in [6, 6.07) is 0. The van der Waals surface area contributed by atoms with Crippen LogP contribution in [0.1, 0.15) is 52.4 Å². The van der Waals surface area contributed by atoms with Gasteiger partial charge in [0.15, 0.2) is 0 Å². The minimum absolute atomic E-state index is 0.427. The molecule has 1 heterocycles. The summed E-state index contributed by atoms with van der Waals surface area (Å²) in [6.07, 6.45) is 8.34. The van der Waals surface area contributed by atoms with E-state index in [1.54, 1.807) is 0 Å². The molecule has 3 heteroatoms.